The highest BCUT2D eigenvalue weighted by molar-refractivity contribution is 6.35. The maximum atomic E-state index is 10.8. The van der Waals surface area contributed by atoms with Crippen molar-refractivity contribution >= 4 is 17.6 Å². The second kappa shape index (κ2) is 5.29. The van der Waals surface area contributed by atoms with Crippen molar-refractivity contribution in [2.75, 3.05) is 6.61 Å². The first-order chi connectivity index (χ1) is 5.57. The minimum absolute atomic E-state index is 0.126. The number of rotatable bonds is 5. The van der Waals surface area contributed by atoms with Gasteiger partial charge in [0.05, 0.1) is 0 Å². The third-order valence-corrected chi connectivity index (χ3v) is 1.09. The van der Waals surface area contributed by atoms with Crippen molar-refractivity contribution in [3.63, 3.8) is 0 Å². The second-order valence-corrected chi connectivity index (χ2v) is 2.27. The Morgan fingerprint density at radius 2 is 2.08 bits per heavy atom. The molecule has 0 spiro atoms. The number of carbonyl (C=O) groups is 2. The molecule has 68 valence electrons. The quantitative estimate of drug-likeness (QED) is 0.445. The molecule has 0 unspecified atom stereocenters. The molecule has 1 amide bonds. The van der Waals surface area contributed by atoms with Gasteiger partial charge in [0.2, 0.25) is 0 Å². The molecule has 12 heavy (non-hydrogen) atoms. The lowest BCUT2D eigenvalue weighted by Crippen LogP contribution is -2.24. The highest BCUT2D eigenvalue weighted by Crippen LogP contribution is 1.92. The summed E-state index contributed by atoms with van der Waals surface area (Å²) in [4.78, 5) is 20.9. The molecular formula is C7H12N2O3. The van der Waals surface area contributed by atoms with E-state index in [9.17, 15) is 9.59 Å². The number of carbonyl (C=O) groups excluding carboxylic acids is 2. The fourth-order valence-electron chi connectivity index (χ4n) is 0.576. The number of esters is 1. The zero-order valence-corrected chi connectivity index (χ0v) is 6.92. The number of nitrogens with two attached hydrogens (primary N) is 1. The van der Waals surface area contributed by atoms with Crippen LogP contribution in [0.4, 0.5) is 0 Å². The van der Waals surface area contributed by atoms with Crippen molar-refractivity contribution in [1.82, 2.24) is 0 Å². The summed E-state index contributed by atoms with van der Waals surface area (Å²) >= 11 is 0. The van der Waals surface area contributed by atoms with E-state index in [-0.39, 0.29) is 5.71 Å². The van der Waals surface area contributed by atoms with E-state index in [1.165, 1.54) is 0 Å². The normalized spacial score (nSPS) is 9.08. The minimum Gasteiger partial charge on any atom is -0.451 e. The van der Waals surface area contributed by atoms with E-state index in [0.29, 0.717) is 12.8 Å². The lowest BCUT2D eigenvalue weighted by atomic mass is 10.2. The Morgan fingerprint density at radius 1 is 1.50 bits per heavy atom. The third kappa shape index (κ3) is 4.43. The van der Waals surface area contributed by atoms with Crippen molar-refractivity contribution < 1.29 is 14.3 Å². The smallest absolute Gasteiger partial charge is 0.352 e. The summed E-state index contributed by atoms with van der Waals surface area (Å²) in [5, 5.41) is 7.11. The number of hydrogen-bond donors (Lipinski definition) is 2. The molecule has 0 aromatic rings. The van der Waals surface area contributed by atoms with Crippen LogP contribution >= 0.6 is 0 Å². The predicted molar refractivity (Wildman–Crippen MR) is 42.8 cm³/mol. The van der Waals surface area contributed by atoms with E-state index in [1.54, 1.807) is 0 Å². The molecule has 0 bridgehead atoms. The highest BCUT2D eigenvalue weighted by atomic mass is 16.5. The number of primary amides is 1. The summed E-state index contributed by atoms with van der Waals surface area (Å²) in [6, 6.07) is 0. The van der Waals surface area contributed by atoms with E-state index >= 15 is 0 Å². The first kappa shape index (κ1) is 10.6. The molecule has 0 aliphatic carbocycles. The molecule has 0 saturated carbocycles. The van der Waals surface area contributed by atoms with E-state index in [0.717, 1.165) is 0 Å². The number of ether oxygens (including phenoxy) is 1. The van der Waals surface area contributed by atoms with Crippen LogP contribution in [0.2, 0.25) is 0 Å². The molecule has 0 saturated heterocycles. The molecule has 0 aliphatic heterocycles. The standard InChI is InChI=1S/C7H12N2O3/c1-2-3-5(8)7(11)12-4-6(9)10/h8H,2-4H2,1H3,(H2,9,10). The molecule has 3 N–H and O–H groups in total. The van der Waals surface area contributed by atoms with E-state index < -0.39 is 18.5 Å². The van der Waals surface area contributed by atoms with E-state index in [1.807, 2.05) is 6.92 Å². The molecule has 0 fully saturated rings. The molecule has 0 rings (SSSR count). The SMILES string of the molecule is CCCC(=N)C(=O)OCC(N)=O. The molecule has 0 aromatic carbocycles. The largest absolute Gasteiger partial charge is 0.451 e. The molecule has 0 radical (unpaired) electrons. The van der Waals surface area contributed by atoms with Gasteiger partial charge < -0.3 is 10.5 Å². The van der Waals surface area contributed by atoms with Crippen molar-refractivity contribution in [2.24, 2.45) is 5.73 Å². The zero-order valence-electron chi connectivity index (χ0n) is 6.92. The van der Waals surface area contributed by atoms with Crippen LogP contribution in [0.15, 0.2) is 0 Å². The number of amides is 1. The lowest BCUT2D eigenvalue weighted by Gasteiger charge is -2.01. The van der Waals surface area contributed by atoms with Crippen molar-refractivity contribution in [3.8, 4) is 0 Å². The Hall–Kier alpha value is -1.39. The second-order valence-electron chi connectivity index (χ2n) is 2.27. The summed E-state index contributed by atoms with van der Waals surface area (Å²) in [7, 11) is 0. The van der Waals surface area contributed by atoms with Gasteiger partial charge in [-0.2, -0.15) is 0 Å². The average molecular weight is 172 g/mol. The predicted octanol–water partition coefficient (Wildman–Crippen LogP) is -0.165. The molecule has 0 aliphatic rings. The monoisotopic (exact) mass is 172 g/mol. The van der Waals surface area contributed by atoms with Gasteiger partial charge in [-0.05, 0) is 6.42 Å². The van der Waals surface area contributed by atoms with Crippen LogP contribution in [0.1, 0.15) is 19.8 Å². The Bertz CT molecular complexity index is 201. The van der Waals surface area contributed by atoms with Crippen LogP contribution in [0.25, 0.3) is 0 Å². The fourth-order valence-corrected chi connectivity index (χ4v) is 0.576. The van der Waals surface area contributed by atoms with Gasteiger partial charge in [-0.1, -0.05) is 13.3 Å². The van der Waals surface area contributed by atoms with Crippen molar-refractivity contribution in [2.45, 2.75) is 19.8 Å². The van der Waals surface area contributed by atoms with Crippen molar-refractivity contribution in [1.29, 1.82) is 5.41 Å². The van der Waals surface area contributed by atoms with Gasteiger partial charge >= 0.3 is 5.97 Å². The van der Waals surface area contributed by atoms with Gasteiger partial charge in [-0.15, -0.1) is 0 Å². The fraction of sp³-hybridized carbons (Fsp3) is 0.571. The maximum Gasteiger partial charge on any atom is 0.352 e. The molecule has 5 heteroatoms. The van der Waals surface area contributed by atoms with Crippen molar-refractivity contribution in [3.05, 3.63) is 0 Å². The molecule has 0 aromatic heterocycles. The van der Waals surface area contributed by atoms with Gasteiger partial charge in [0.15, 0.2) is 6.61 Å². The van der Waals surface area contributed by atoms with Crippen LogP contribution in [-0.2, 0) is 14.3 Å². The van der Waals surface area contributed by atoms with Gasteiger partial charge in [-0.3, -0.25) is 10.2 Å². The Kier molecular flexibility index (Phi) is 4.67. The van der Waals surface area contributed by atoms with E-state index in [4.69, 9.17) is 11.1 Å². The summed E-state index contributed by atoms with van der Waals surface area (Å²) in [6.45, 7) is 1.39. The minimum atomic E-state index is -0.768. The van der Waals surface area contributed by atoms with Gasteiger partial charge in [0.25, 0.3) is 5.91 Å². The van der Waals surface area contributed by atoms with Crippen LogP contribution < -0.4 is 5.73 Å². The molecular weight excluding hydrogens is 160 g/mol. The first-order valence-corrected chi connectivity index (χ1v) is 3.60. The summed E-state index contributed by atoms with van der Waals surface area (Å²) in [6.07, 6.45) is 1.06. The van der Waals surface area contributed by atoms with Crippen LogP contribution in [0.3, 0.4) is 0 Å². The lowest BCUT2D eigenvalue weighted by molar-refractivity contribution is -0.141. The number of nitrogens with one attached hydrogen (secondary N) is 1. The van der Waals surface area contributed by atoms with Crippen LogP contribution in [0, 0.1) is 5.41 Å². The number of hydrogen-bond acceptors (Lipinski definition) is 4. The summed E-state index contributed by atoms with van der Waals surface area (Å²) in [5.41, 5.74) is 4.60. The molecule has 0 heterocycles. The average Bonchev–Trinajstić information content (AvgIpc) is 2.00. The summed E-state index contributed by atoms with van der Waals surface area (Å²) < 4.78 is 4.38. The maximum absolute atomic E-state index is 10.8. The van der Waals surface area contributed by atoms with Gasteiger partial charge in [0, 0.05) is 0 Å². The van der Waals surface area contributed by atoms with Gasteiger partial charge in [-0.25, -0.2) is 4.79 Å². The Balaban J connectivity index is 3.72. The van der Waals surface area contributed by atoms with E-state index in [2.05, 4.69) is 4.74 Å². The summed E-state index contributed by atoms with van der Waals surface area (Å²) in [5.74, 6) is -1.48. The third-order valence-electron chi connectivity index (χ3n) is 1.09. The highest BCUT2D eigenvalue weighted by Gasteiger charge is 2.10. The van der Waals surface area contributed by atoms with Crippen LogP contribution in [-0.4, -0.2) is 24.2 Å². The Labute approximate surface area is 70.4 Å². The molecule has 5 nitrogen and oxygen atoms in total. The molecule has 0 atom stereocenters. The Morgan fingerprint density at radius 3 is 2.50 bits per heavy atom. The van der Waals surface area contributed by atoms with Gasteiger partial charge in [0.1, 0.15) is 5.71 Å². The van der Waals surface area contributed by atoms with Crippen LogP contribution in [0.5, 0.6) is 0 Å². The topological polar surface area (TPSA) is 93.2 Å². The zero-order chi connectivity index (χ0) is 9.56. The first-order valence-electron chi connectivity index (χ1n) is 3.60.